The molecular weight excluding hydrogens is 360 g/mol. The van der Waals surface area contributed by atoms with Crippen LogP contribution in [-0.4, -0.2) is 61.0 Å². The van der Waals surface area contributed by atoms with Crippen molar-refractivity contribution in [1.29, 1.82) is 0 Å². The molecule has 0 aliphatic carbocycles. The number of nitrogens with zero attached hydrogens (tertiary/aromatic N) is 3. The average molecular weight is 381 g/mol. The molecule has 9 heteroatoms. The van der Waals surface area contributed by atoms with Crippen LogP contribution >= 0.6 is 11.6 Å². The van der Waals surface area contributed by atoms with Crippen LogP contribution in [0.1, 0.15) is 12.5 Å². The van der Waals surface area contributed by atoms with Crippen LogP contribution in [0.2, 0.25) is 5.15 Å². The monoisotopic (exact) mass is 380 g/mol. The van der Waals surface area contributed by atoms with E-state index < -0.39 is 5.54 Å². The lowest BCUT2D eigenvalue weighted by atomic mass is 9.92. The van der Waals surface area contributed by atoms with Gasteiger partial charge in [-0.3, -0.25) is 0 Å². The molecule has 2 N–H and O–H groups in total. The van der Waals surface area contributed by atoms with E-state index in [1.807, 2.05) is 6.92 Å². The second-order valence-electron chi connectivity index (χ2n) is 6.49. The van der Waals surface area contributed by atoms with Gasteiger partial charge < -0.3 is 24.8 Å². The fraction of sp³-hybridized carbons (Fsp3) is 0.471. The van der Waals surface area contributed by atoms with Gasteiger partial charge >= 0.3 is 6.09 Å². The standard InChI is InChI=1S/C17H21ClN4O4/c1-17(19,9-24-2)13-6-21-15(12-5-20-14(18)4-11(12)13)26-10-7-22(8-10)16(23)25-3/h4-6,10H,7-9,19H2,1-3H3/t17-/m1/s1. The maximum absolute atomic E-state index is 11.4. The fourth-order valence-corrected chi connectivity index (χ4v) is 3.12. The van der Waals surface area contributed by atoms with E-state index in [4.69, 9.17) is 26.8 Å². The Balaban J connectivity index is 1.90. The van der Waals surface area contributed by atoms with Crippen LogP contribution in [0.15, 0.2) is 18.5 Å². The summed E-state index contributed by atoms with van der Waals surface area (Å²) in [7, 11) is 2.94. The summed E-state index contributed by atoms with van der Waals surface area (Å²) in [5, 5.41) is 1.86. The summed E-state index contributed by atoms with van der Waals surface area (Å²) in [5.74, 6) is 0.427. The summed E-state index contributed by atoms with van der Waals surface area (Å²) in [4.78, 5) is 21.5. The number of aromatic nitrogens is 2. The van der Waals surface area contributed by atoms with E-state index in [0.717, 1.165) is 10.9 Å². The summed E-state index contributed by atoms with van der Waals surface area (Å²) in [5.41, 5.74) is 6.43. The third-order valence-electron chi connectivity index (χ3n) is 4.32. The highest BCUT2D eigenvalue weighted by Gasteiger charge is 2.34. The van der Waals surface area contributed by atoms with Gasteiger partial charge in [0.05, 0.1) is 37.7 Å². The van der Waals surface area contributed by atoms with Gasteiger partial charge in [-0.1, -0.05) is 11.6 Å². The summed E-state index contributed by atoms with van der Waals surface area (Å²) >= 11 is 6.08. The van der Waals surface area contributed by atoms with E-state index >= 15 is 0 Å². The minimum atomic E-state index is -0.749. The van der Waals surface area contributed by atoms with Crippen LogP contribution < -0.4 is 10.5 Å². The Morgan fingerprint density at radius 1 is 1.35 bits per heavy atom. The smallest absolute Gasteiger partial charge is 0.409 e. The number of carbonyl (C=O) groups excluding carboxylic acids is 1. The Hall–Kier alpha value is -2.16. The first-order valence-electron chi connectivity index (χ1n) is 8.08. The van der Waals surface area contributed by atoms with Gasteiger partial charge in [0, 0.05) is 25.1 Å². The number of amides is 1. The Labute approximate surface area is 156 Å². The van der Waals surface area contributed by atoms with Crippen molar-refractivity contribution < 1.29 is 19.0 Å². The van der Waals surface area contributed by atoms with Gasteiger partial charge in [-0.15, -0.1) is 0 Å². The van der Waals surface area contributed by atoms with Gasteiger partial charge in [0.15, 0.2) is 0 Å². The lowest BCUT2D eigenvalue weighted by Gasteiger charge is -2.37. The molecule has 0 radical (unpaired) electrons. The Bertz CT molecular complexity index is 824. The normalized spacial score (nSPS) is 16.9. The zero-order valence-electron chi connectivity index (χ0n) is 14.9. The summed E-state index contributed by atoms with van der Waals surface area (Å²) < 4.78 is 15.8. The number of nitrogens with two attached hydrogens (primary N) is 1. The second kappa shape index (κ2) is 7.22. The number of pyridine rings is 2. The lowest BCUT2D eigenvalue weighted by Crippen LogP contribution is -2.56. The van der Waals surface area contributed by atoms with Crippen molar-refractivity contribution in [2.24, 2.45) is 5.73 Å². The molecule has 1 saturated heterocycles. The molecule has 1 aliphatic heterocycles. The Morgan fingerprint density at radius 2 is 2.08 bits per heavy atom. The number of ether oxygens (including phenoxy) is 3. The van der Waals surface area contributed by atoms with Gasteiger partial charge in [-0.05, 0) is 18.4 Å². The van der Waals surface area contributed by atoms with E-state index in [1.54, 1.807) is 30.5 Å². The van der Waals surface area contributed by atoms with Crippen molar-refractivity contribution in [3.05, 3.63) is 29.2 Å². The minimum Gasteiger partial charge on any atom is -0.470 e. The van der Waals surface area contributed by atoms with Gasteiger partial charge in [-0.2, -0.15) is 0 Å². The highest BCUT2D eigenvalue weighted by atomic mass is 35.5. The van der Waals surface area contributed by atoms with E-state index in [2.05, 4.69) is 14.7 Å². The third-order valence-corrected chi connectivity index (χ3v) is 4.53. The molecule has 2 aromatic heterocycles. The van der Waals surface area contributed by atoms with Gasteiger partial charge in [0.1, 0.15) is 11.3 Å². The zero-order valence-corrected chi connectivity index (χ0v) is 15.6. The molecule has 1 fully saturated rings. The summed E-state index contributed by atoms with van der Waals surface area (Å²) in [6, 6.07) is 1.74. The average Bonchev–Trinajstić information content (AvgIpc) is 2.56. The molecule has 0 spiro atoms. The number of likely N-dealkylation sites (tertiary alicyclic amines) is 1. The first-order valence-corrected chi connectivity index (χ1v) is 8.45. The number of halogens is 1. The molecule has 2 aromatic rings. The molecule has 8 nitrogen and oxygen atoms in total. The maximum atomic E-state index is 11.4. The van der Waals surface area contributed by atoms with E-state index in [9.17, 15) is 4.79 Å². The molecule has 26 heavy (non-hydrogen) atoms. The largest absolute Gasteiger partial charge is 0.470 e. The maximum Gasteiger partial charge on any atom is 0.409 e. The molecule has 0 aromatic carbocycles. The zero-order chi connectivity index (χ0) is 18.9. The SMILES string of the molecule is COC[C@@](C)(N)c1cnc(OC2CN(C(=O)OC)C2)c2cnc(Cl)cc12. The number of methoxy groups -OCH3 is 2. The van der Waals surface area contributed by atoms with E-state index in [0.29, 0.717) is 36.1 Å². The molecule has 0 unspecified atom stereocenters. The number of hydrogen-bond acceptors (Lipinski definition) is 7. The topological polar surface area (TPSA) is 99.8 Å². The molecule has 3 heterocycles. The first-order chi connectivity index (χ1) is 12.4. The lowest BCUT2D eigenvalue weighted by molar-refractivity contribution is 0.0169. The fourth-order valence-electron chi connectivity index (χ4n) is 2.96. The van der Waals surface area contributed by atoms with Crippen LogP contribution in [0.4, 0.5) is 4.79 Å². The van der Waals surface area contributed by atoms with Crippen LogP contribution in [-0.2, 0) is 15.0 Å². The number of hydrogen-bond donors (Lipinski definition) is 1. The molecular formula is C17H21ClN4O4. The highest BCUT2D eigenvalue weighted by Crippen LogP contribution is 2.33. The summed E-state index contributed by atoms with van der Waals surface area (Å²) in [6.07, 6.45) is 2.76. The van der Waals surface area contributed by atoms with Crippen LogP contribution in [0.3, 0.4) is 0 Å². The van der Waals surface area contributed by atoms with Crippen molar-refractivity contribution >= 4 is 28.5 Å². The minimum absolute atomic E-state index is 0.158. The third kappa shape index (κ3) is 3.53. The van der Waals surface area contributed by atoms with Gasteiger partial charge in [0.25, 0.3) is 0 Å². The summed E-state index contributed by atoms with van der Waals surface area (Å²) in [6.45, 7) is 3.07. The van der Waals surface area contributed by atoms with E-state index in [-0.39, 0.29) is 12.2 Å². The van der Waals surface area contributed by atoms with E-state index in [1.165, 1.54) is 7.11 Å². The molecule has 0 bridgehead atoms. The van der Waals surface area contributed by atoms with Crippen molar-refractivity contribution in [2.75, 3.05) is 33.9 Å². The van der Waals surface area contributed by atoms with Crippen molar-refractivity contribution in [2.45, 2.75) is 18.6 Å². The molecule has 1 aliphatic rings. The molecule has 1 atom stereocenters. The number of rotatable bonds is 5. The second-order valence-corrected chi connectivity index (χ2v) is 6.88. The molecule has 140 valence electrons. The molecule has 3 rings (SSSR count). The predicted molar refractivity (Wildman–Crippen MR) is 96.4 cm³/mol. The van der Waals surface area contributed by atoms with Gasteiger partial charge in [-0.25, -0.2) is 14.8 Å². The Morgan fingerprint density at radius 3 is 2.73 bits per heavy atom. The first kappa shape index (κ1) is 18.6. The Kier molecular flexibility index (Phi) is 5.17. The molecule has 0 saturated carbocycles. The van der Waals surface area contributed by atoms with Crippen LogP contribution in [0.25, 0.3) is 10.8 Å². The van der Waals surface area contributed by atoms with Crippen molar-refractivity contribution in [3.8, 4) is 5.88 Å². The van der Waals surface area contributed by atoms with Crippen molar-refractivity contribution in [1.82, 2.24) is 14.9 Å². The number of carbonyl (C=O) groups is 1. The predicted octanol–water partition coefficient (Wildman–Crippen LogP) is 1.93. The quantitative estimate of drug-likeness (QED) is 0.791. The van der Waals surface area contributed by atoms with Gasteiger partial charge in [0.2, 0.25) is 5.88 Å². The van der Waals surface area contributed by atoms with Crippen molar-refractivity contribution in [3.63, 3.8) is 0 Å². The van der Waals surface area contributed by atoms with Crippen LogP contribution in [0, 0.1) is 0 Å². The molecule has 1 amide bonds. The highest BCUT2D eigenvalue weighted by molar-refractivity contribution is 6.30. The number of fused-ring (bicyclic) bond motifs is 1. The van der Waals surface area contributed by atoms with Crippen LogP contribution in [0.5, 0.6) is 5.88 Å².